The first-order chi connectivity index (χ1) is 21.3. The number of carboxylic acid groups (broad SMARTS) is 1. The zero-order chi connectivity index (χ0) is 35.0. The van der Waals surface area contributed by atoms with Crippen molar-refractivity contribution in [3.8, 4) is 0 Å². The normalized spacial score (nSPS) is 18.1. The molecule has 4 atom stereocenters. The lowest BCUT2D eigenvalue weighted by molar-refractivity contribution is -0.175. The van der Waals surface area contributed by atoms with Crippen LogP contribution in [0.3, 0.4) is 0 Å². The average molecular weight is 663 g/mol. The Kier molecular flexibility index (Phi) is 12.7. The minimum atomic E-state index is -4.29. The summed E-state index contributed by atoms with van der Waals surface area (Å²) in [5.41, 5.74) is 8.75. The number of amides is 2. The highest BCUT2D eigenvalue weighted by Gasteiger charge is 2.59. The van der Waals surface area contributed by atoms with Crippen LogP contribution in [0.25, 0.3) is 10.8 Å². The van der Waals surface area contributed by atoms with Crippen LogP contribution in [0.2, 0.25) is 0 Å². The minimum absolute atomic E-state index is 0.0769. The second-order valence-corrected chi connectivity index (χ2v) is 13.5. The summed E-state index contributed by atoms with van der Waals surface area (Å²) >= 11 is 0. The van der Waals surface area contributed by atoms with Crippen LogP contribution in [0.1, 0.15) is 53.4 Å². The van der Waals surface area contributed by atoms with Gasteiger partial charge in [-0.25, -0.2) is 13.2 Å². The molecular weight excluding hydrogens is 616 g/mol. The molecule has 7 N–H and O–H groups in total. The summed E-state index contributed by atoms with van der Waals surface area (Å²) in [5.74, 6) is -3.50. The van der Waals surface area contributed by atoms with E-state index in [1.165, 1.54) is 31.2 Å². The number of likely N-dealkylation sites (N-methyl/N-ethyl adjacent to an activating group) is 1. The molecule has 46 heavy (non-hydrogen) atoms. The number of rotatable bonds is 11. The van der Waals surface area contributed by atoms with Gasteiger partial charge in [0.1, 0.15) is 11.6 Å². The molecule has 2 amide bonds. The number of nitrogens with zero attached hydrogens (tertiary/aromatic N) is 2. The van der Waals surface area contributed by atoms with Crippen LogP contribution in [0, 0.1) is 16.7 Å². The number of ether oxygens (including phenoxy) is 1. The summed E-state index contributed by atoms with van der Waals surface area (Å²) in [5, 5.41) is 16.9. The minimum Gasteiger partial charge on any atom is -0.481 e. The van der Waals surface area contributed by atoms with Gasteiger partial charge in [0, 0.05) is 32.5 Å². The quantitative estimate of drug-likeness (QED) is 0.133. The van der Waals surface area contributed by atoms with Gasteiger partial charge in [0.15, 0.2) is 5.96 Å². The maximum atomic E-state index is 14.1. The van der Waals surface area contributed by atoms with E-state index in [1.54, 1.807) is 30.0 Å². The summed E-state index contributed by atoms with van der Waals surface area (Å²) in [4.78, 5) is 51.6. The van der Waals surface area contributed by atoms with Gasteiger partial charge >= 0.3 is 5.97 Å². The zero-order valence-corrected chi connectivity index (χ0v) is 28.0. The number of aliphatic carboxylic acids is 1. The van der Waals surface area contributed by atoms with Crippen LogP contribution in [0.4, 0.5) is 0 Å². The van der Waals surface area contributed by atoms with Crippen molar-refractivity contribution in [3.05, 3.63) is 42.5 Å². The Morgan fingerprint density at radius 1 is 1.15 bits per heavy atom. The van der Waals surface area contributed by atoms with E-state index in [4.69, 9.17) is 31.5 Å². The van der Waals surface area contributed by atoms with Gasteiger partial charge in [-0.2, -0.15) is 4.72 Å². The summed E-state index contributed by atoms with van der Waals surface area (Å²) in [6.45, 7) is 7.45. The van der Waals surface area contributed by atoms with E-state index in [9.17, 15) is 22.8 Å². The summed E-state index contributed by atoms with van der Waals surface area (Å²) in [7, 11) is -1.67. The van der Waals surface area contributed by atoms with Crippen molar-refractivity contribution in [3.63, 3.8) is 0 Å². The maximum absolute atomic E-state index is 14.1. The molecule has 3 rings (SSSR count). The third-order valence-electron chi connectivity index (χ3n) is 9.13. The van der Waals surface area contributed by atoms with Crippen LogP contribution in [-0.4, -0.2) is 91.9 Å². The van der Waals surface area contributed by atoms with Gasteiger partial charge in [-0.1, -0.05) is 44.2 Å². The van der Waals surface area contributed by atoms with Crippen molar-refractivity contribution in [2.24, 2.45) is 22.8 Å². The molecule has 1 aliphatic rings. The van der Waals surface area contributed by atoms with E-state index >= 15 is 0 Å². The number of hydrogen-bond acceptors (Lipinski definition) is 8. The number of benzene rings is 2. The average Bonchev–Trinajstić information content (AvgIpc) is 3.01. The number of primary amides is 1. The van der Waals surface area contributed by atoms with Crippen LogP contribution in [-0.2, 0) is 33.9 Å². The molecule has 2 aromatic rings. The number of guanidine groups is 1. The molecule has 1 fully saturated rings. The molecule has 0 aliphatic carbocycles. The van der Waals surface area contributed by atoms with Gasteiger partial charge < -0.3 is 31.1 Å². The van der Waals surface area contributed by atoms with E-state index in [2.05, 4.69) is 4.72 Å². The molecule has 0 saturated carbocycles. The zero-order valence-electron chi connectivity index (χ0n) is 27.2. The number of likely N-dealkylation sites (tertiary alicyclic amines) is 1. The van der Waals surface area contributed by atoms with Gasteiger partial charge in [-0.3, -0.25) is 19.8 Å². The van der Waals surface area contributed by atoms with Crippen molar-refractivity contribution in [2.45, 2.75) is 69.9 Å². The molecule has 1 saturated heterocycles. The SMILES string of the molecule is CC(=O)O.CC[C@@](C)([C@@H]1CCCN(C(=N)N)C1)[C@@](C)(C(=O)OC)N(C)C(=O)[C@H](CC(N)=O)NS(=O)(=O)c1ccc2ccccc2c1. The number of hydrogen-bond donors (Lipinski definition) is 5. The van der Waals surface area contributed by atoms with Crippen LogP contribution < -0.4 is 16.2 Å². The predicted octanol–water partition coefficient (Wildman–Crippen LogP) is 1.86. The van der Waals surface area contributed by atoms with Crippen LogP contribution >= 0.6 is 0 Å². The third-order valence-corrected chi connectivity index (χ3v) is 10.6. The first-order valence-electron chi connectivity index (χ1n) is 14.8. The topological polar surface area (TPSA) is 226 Å². The Bertz CT molecular complexity index is 1560. The molecule has 1 heterocycles. The molecule has 254 valence electrons. The molecule has 15 heteroatoms. The van der Waals surface area contributed by atoms with E-state index in [-0.39, 0.29) is 16.8 Å². The molecule has 0 spiro atoms. The van der Waals surface area contributed by atoms with Gasteiger partial charge in [-0.15, -0.1) is 0 Å². The number of carboxylic acids is 1. The Balaban J connectivity index is 0.00000173. The van der Waals surface area contributed by atoms with Crippen LogP contribution in [0.15, 0.2) is 47.4 Å². The number of methoxy groups -OCH3 is 1. The second kappa shape index (κ2) is 15.4. The Labute approximate surface area is 270 Å². The number of carbonyl (C=O) groups excluding carboxylic acids is 3. The molecular formula is C31H46N6O8S. The lowest BCUT2D eigenvalue weighted by Crippen LogP contribution is -2.68. The number of piperidine rings is 1. The smallest absolute Gasteiger partial charge is 0.332 e. The Morgan fingerprint density at radius 3 is 2.26 bits per heavy atom. The van der Waals surface area contributed by atoms with Crippen molar-refractivity contribution in [2.75, 3.05) is 27.2 Å². The van der Waals surface area contributed by atoms with Gasteiger partial charge in [-0.05, 0) is 55.0 Å². The number of sulfonamides is 1. The molecule has 2 aromatic carbocycles. The first-order valence-corrected chi connectivity index (χ1v) is 16.3. The van der Waals surface area contributed by atoms with Crippen molar-refractivity contribution in [1.29, 1.82) is 5.41 Å². The molecule has 0 aromatic heterocycles. The molecule has 0 radical (unpaired) electrons. The predicted molar refractivity (Wildman–Crippen MR) is 173 cm³/mol. The number of carbonyl (C=O) groups is 4. The number of esters is 1. The lowest BCUT2D eigenvalue weighted by atomic mass is 9.59. The fourth-order valence-electron chi connectivity index (χ4n) is 6.12. The van der Waals surface area contributed by atoms with Crippen molar-refractivity contribution < 1.29 is 37.4 Å². The second-order valence-electron chi connectivity index (χ2n) is 11.8. The number of nitrogens with one attached hydrogen (secondary N) is 2. The van der Waals surface area contributed by atoms with Gasteiger partial charge in [0.25, 0.3) is 5.97 Å². The largest absolute Gasteiger partial charge is 0.481 e. The molecule has 0 bridgehead atoms. The maximum Gasteiger partial charge on any atom is 0.332 e. The van der Waals surface area contributed by atoms with Crippen molar-refractivity contribution >= 4 is 50.5 Å². The highest BCUT2D eigenvalue weighted by atomic mass is 32.2. The number of fused-ring (bicyclic) bond motifs is 1. The highest BCUT2D eigenvalue weighted by molar-refractivity contribution is 7.89. The first kappa shape index (κ1) is 37.9. The van der Waals surface area contributed by atoms with E-state index in [1.807, 2.05) is 26.0 Å². The van der Waals surface area contributed by atoms with E-state index in [0.717, 1.165) is 18.7 Å². The van der Waals surface area contributed by atoms with Crippen molar-refractivity contribution in [1.82, 2.24) is 14.5 Å². The summed E-state index contributed by atoms with van der Waals surface area (Å²) in [6, 6.07) is 10.2. The van der Waals surface area contributed by atoms with E-state index in [0.29, 0.717) is 31.3 Å². The fourth-order valence-corrected chi connectivity index (χ4v) is 7.35. The fraction of sp³-hybridized carbons (Fsp3) is 0.516. The third kappa shape index (κ3) is 8.31. The lowest BCUT2D eigenvalue weighted by Gasteiger charge is -2.55. The van der Waals surface area contributed by atoms with E-state index < -0.39 is 57.2 Å². The molecule has 0 unspecified atom stereocenters. The van der Waals surface area contributed by atoms with Gasteiger partial charge in [0.05, 0.1) is 18.4 Å². The molecule has 1 aliphatic heterocycles. The Hall–Kier alpha value is -4.24. The number of nitrogens with two attached hydrogens (primary N) is 2. The van der Waals surface area contributed by atoms with Gasteiger partial charge in [0.2, 0.25) is 21.8 Å². The molecule has 14 nitrogen and oxygen atoms in total. The summed E-state index contributed by atoms with van der Waals surface area (Å²) in [6.07, 6.45) is 1.25. The Morgan fingerprint density at radius 2 is 1.74 bits per heavy atom. The highest BCUT2D eigenvalue weighted by Crippen LogP contribution is 2.49. The monoisotopic (exact) mass is 662 g/mol. The van der Waals surface area contributed by atoms with Crippen LogP contribution in [0.5, 0.6) is 0 Å². The summed E-state index contributed by atoms with van der Waals surface area (Å²) < 4.78 is 34.5. The standard InChI is InChI=1S/C29H42N6O6S.C2H4O2/c1-6-28(2,21-12-9-15-35(18-21)27(31)32)29(3,26(38)41-5)34(4)25(37)23(17-24(30)36)33-42(39,40)22-14-13-19-10-7-8-11-20(19)16-22;1-2(3)4/h7-8,10-11,13-14,16,21,23,33H,6,9,12,15,17-18H2,1-5H3,(H2,30,36)(H3,31,32);1H3,(H,3,4)/t21-,23+,28+,29-;/m1./s1.